The van der Waals surface area contributed by atoms with Gasteiger partial charge in [0.2, 0.25) is 0 Å². The maximum Gasteiger partial charge on any atom is 0.141 e. The molecule has 0 spiro atoms. The number of hydrogen-bond acceptors (Lipinski definition) is 2. The fraction of sp³-hybridized carbons (Fsp3) is 0.154. The van der Waals surface area contributed by atoms with Gasteiger partial charge in [-0.15, -0.1) is 0 Å². The molecule has 0 fully saturated rings. The Morgan fingerprint density at radius 3 is 2.67 bits per heavy atom. The van der Waals surface area contributed by atoms with Gasteiger partial charge >= 0.3 is 0 Å². The fourth-order valence-corrected chi connectivity index (χ4v) is 2.75. The predicted molar refractivity (Wildman–Crippen MR) is 78.1 cm³/mol. The van der Waals surface area contributed by atoms with E-state index in [9.17, 15) is 4.39 Å². The minimum atomic E-state index is -0.323. The Morgan fingerprint density at radius 1 is 1.22 bits per heavy atom. The van der Waals surface area contributed by atoms with E-state index in [2.05, 4.69) is 42.2 Å². The van der Waals surface area contributed by atoms with Gasteiger partial charge in [-0.2, -0.15) is 0 Å². The molecule has 2 aromatic rings. The van der Waals surface area contributed by atoms with Gasteiger partial charge in [-0.25, -0.2) is 4.39 Å². The van der Waals surface area contributed by atoms with Crippen LogP contribution in [0.4, 0.5) is 10.1 Å². The van der Waals surface area contributed by atoms with Crippen LogP contribution in [-0.2, 0) is 0 Å². The lowest BCUT2D eigenvalue weighted by atomic mass is 10.1. The SMILES string of the molecule is CC(Nc1ccc(Br)cc1Br)c1cncc(F)c1. The highest BCUT2D eigenvalue weighted by atomic mass is 79.9. The molecular formula is C13H11Br2FN2. The first-order valence-corrected chi connectivity index (χ1v) is 6.97. The molecule has 2 nitrogen and oxygen atoms in total. The Labute approximate surface area is 122 Å². The summed E-state index contributed by atoms with van der Waals surface area (Å²) in [7, 11) is 0. The molecule has 2 rings (SSSR count). The Bertz CT molecular complexity index is 560. The highest BCUT2D eigenvalue weighted by molar-refractivity contribution is 9.11. The van der Waals surface area contributed by atoms with Crippen molar-refractivity contribution >= 4 is 37.5 Å². The van der Waals surface area contributed by atoms with Crippen LogP contribution in [-0.4, -0.2) is 4.98 Å². The molecule has 0 aliphatic rings. The second-order valence-electron chi connectivity index (χ2n) is 3.93. The molecule has 5 heteroatoms. The van der Waals surface area contributed by atoms with Gasteiger partial charge < -0.3 is 5.32 Å². The summed E-state index contributed by atoms with van der Waals surface area (Å²) < 4.78 is 15.0. The third-order valence-electron chi connectivity index (χ3n) is 2.53. The zero-order valence-corrected chi connectivity index (χ0v) is 12.8. The summed E-state index contributed by atoms with van der Waals surface area (Å²) in [5, 5.41) is 3.31. The van der Waals surface area contributed by atoms with Crippen molar-refractivity contribution in [2.75, 3.05) is 5.32 Å². The largest absolute Gasteiger partial charge is 0.378 e. The summed E-state index contributed by atoms with van der Waals surface area (Å²) in [6.45, 7) is 1.96. The van der Waals surface area contributed by atoms with Gasteiger partial charge in [0.05, 0.1) is 12.2 Å². The van der Waals surface area contributed by atoms with Gasteiger partial charge in [0.25, 0.3) is 0 Å². The summed E-state index contributed by atoms with van der Waals surface area (Å²) in [6.07, 6.45) is 2.86. The molecule has 0 radical (unpaired) electrons. The Morgan fingerprint density at radius 2 is 2.00 bits per heavy atom. The maximum atomic E-state index is 13.1. The van der Waals surface area contributed by atoms with Crippen molar-refractivity contribution in [1.29, 1.82) is 0 Å². The summed E-state index contributed by atoms with van der Waals surface area (Å²) in [5.74, 6) is -0.323. The molecular weight excluding hydrogens is 363 g/mol. The summed E-state index contributed by atoms with van der Waals surface area (Å²) in [4.78, 5) is 3.85. The average Bonchev–Trinajstić information content (AvgIpc) is 2.32. The van der Waals surface area contributed by atoms with Gasteiger partial charge in [-0.3, -0.25) is 4.98 Å². The molecule has 18 heavy (non-hydrogen) atoms. The van der Waals surface area contributed by atoms with E-state index in [-0.39, 0.29) is 11.9 Å². The number of nitrogens with zero attached hydrogens (tertiary/aromatic N) is 1. The van der Waals surface area contributed by atoms with Crippen LogP contribution in [0.3, 0.4) is 0 Å². The normalized spacial score (nSPS) is 12.2. The molecule has 94 valence electrons. The Kier molecular flexibility index (Phi) is 4.35. The molecule has 1 N–H and O–H groups in total. The lowest BCUT2D eigenvalue weighted by Crippen LogP contribution is -2.07. The van der Waals surface area contributed by atoms with Crippen LogP contribution >= 0.6 is 31.9 Å². The van der Waals surface area contributed by atoms with Gasteiger partial charge in [-0.05, 0) is 52.7 Å². The molecule has 0 aliphatic carbocycles. The van der Waals surface area contributed by atoms with E-state index in [1.807, 2.05) is 25.1 Å². The van der Waals surface area contributed by atoms with Gasteiger partial charge in [0.1, 0.15) is 5.82 Å². The van der Waals surface area contributed by atoms with E-state index in [0.717, 1.165) is 20.2 Å². The molecule has 0 saturated heterocycles. The minimum Gasteiger partial charge on any atom is -0.378 e. The van der Waals surface area contributed by atoms with Crippen molar-refractivity contribution in [3.8, 4) is 0 Å². The van der Waals surface area contributed by atoms with Crippen LogP contribution in [0.2, 0.25) is 0 Å². The number of benzene rings is 1. The van der Waals surface area contributed by atoms with Crippen LogP contribution < -0.4 is 5.32 Å². The van der Waals surface area contributed by atoms with Crippen LogP contribution in [0, 0.1) is 5.82 Å². The van der Waals surface area contributed by atoms with Gasteiger partial charge in [-0.1, -0.05) is 15.9 Å². The van der Waals surface area contributed by atoms with Crippen molar-refractivity contribution in [3.05, 3.63) is 57.0 Å². The van der Waals surface area contributed by atoms with Crippen LogP contribution in [0.25, 0.3) is 0 Å². The average molecular weight is 374 g/mol. The molecule has 1 heterocycles. The number of rotatable bonds is 3. The monoisotopic (exact) mass is 372 g/mol. The number of pyridine rings is 1. The van der Waals surface area contributed by atoms with Crippen LogP contribution in [0.15, 0.2) is 45.6 Å². The van der Waals surface area contributed by atoms with Crippen molar-refractivity contribution < 1.29 is 4.39 Å². The Hall–Kier alpha value is -0.940. The Balaban J connectivity index is 2.18. The van der Waals surface area contributed by atoms with Crippen molar-refractivity contribution in [1.82, 2.24) is 4.98 Å². The molecule has 0 bridgehead atoms. The third kappa shape index (κ3) is 3.29. The first-order valence-electron chi connectivity index (χ1n) is 5.38. The zero-order valence-electron chi connectivity index (χ0n) is 9.62. The predicted octanol–water partition coefficient (Wildman–Crippen LogP) is 4.92. The first kappa shape index (κ1) is 13.5. The van der Waals surface area contributed by atoms with Crippen molar-refractivity contribution in [2.45, 2.75) is 13.0 Å². The van der Waals surface area contributed by atoms with E-state index in [1.165, 1.54) is 12.3 Å². The number of anilines is 1. The maximum absolute atomic E-state index is 13.1. The van der Waals surface area contributed by atoms with E-state index in [4.69, 9.17) is 0 Å². The van der Waals surface area contributed by atoms with Crippen LogP contribution in [0.1, 0.15) is 18.5 Å². The molecule has 0 saturated carbocycles. The third-order valence-corrected chi connectivity index (χ3v) is 3.68. The summed E-state index contributed by atoms with van der Waals surface area (Å²) >= 11 is 6.88. The standard InChI is InChI=1S/C13H11Br2FN2/c1-8(9-4-11(16)7-17-6-9)18-13-3-2-10(14)5-12(13)15/h2-8,18H,1H3. The van der Waals surface area contributed by atoms with Crippen molar-refractivity contribution in [3.63, 3.8) is 0 Å². The van der Waals surface area contributed by atoms with Crippen molar-refractivity contribution in [2.24, 2.45) is 0 Å². The summed E-state index contributed by atoms with van der Waals surface area (Å²) in [5.41, 5.74) is 1.76. The molecule has 1 aromatic heterocycles. The van der Waals surface area contributed by atoms with Crippen LogP contribution in [0.5, 0.6) is 0 Å². The van der Waals surface area contributed by atoms with E-state index in [0.29, 0.717) is 0 Å². The van der Waals surface area contributed by atoms with E-state index in [1.54, 1.807) is 6.20 Å². The summed E-state index contributed by atoms with van der Waals surface area (Å²) in [6, 6.07) is 7.32. The number of halogens is 3. The number of nitrogens with one attached hydrogen (secondary N) is 1. The fourth-order valence-electron chi connectivity index (χ4n) is 1.59. The smallest absolute Gasteiger partial charge is 0.141 e. The molecule has 1 unspecified atom stereocenters. The molecule has 0 aliphatic heterocycles. The first-order chi connectivity index (χ1) is 8.56. The lowest BCUT2D eigenvalue weighted by molar-refractivity contribution is 0.616. The second kappa shape index (κ2) is 5.80. The highest BCUT2D eigenvalue weighted by Gasteiger charge is 2.09. The highest BCUT2D eigenvalue weighted by Crippen LogP contribution is 2.29. The molecule has 1 aromatic carbocycles. The molecule has 1 atom stereocenters. The van der Waals surface area contributed by atoms with E-state index < -0.39 is 0 Å². The lowest BCUT2D eigenvalue weighted by Gasteiger charge is -2.16. The van der Waals surface area contributed by atoms with Gasteiger partial charge in [0, 0.05) is 20.8 Å². The minimum absolute atomic E-state index is 0.0225. The number of aromatic nitrogens is 1. The topological polar surface area (TPSA) is 24.9 Å². The number of hydrogen-bond donors (Lipinski definition) is 1. The second-order valence-corrected chi connectivity index (χ2v) is 5.70. The zero-order chi connectivity index (χ0) is 13.1. The quantitative estimate of drug-likeness (QED) is 0.825. The van der Waals surface area contributed by atoms with Gasteiger partial charge in [0.15, 0.2) is 0 Å². The molecule has 0 amide bonds. The van der Waals surface area contributed by atoms with E-state index >= 15 is 0 Å².